The van der Waals surface area contributed by atoms with Crippen LogP contribution in [0.2, 0.25) is 0 Å². The second-order valence-electron chi connectivity index (χ2n) is 4.22. The van der Waals surface area contributed by atoms with Crippen LogP contribution in [0.4, 0.5) is 0 Å². The van der Waals surface area contributed by atoms with Gasteiger partial charge < -0.3 is 10.4 Å². The molecule has 15 heavy (non-hydrogen) atoms. The van der Waals surface area contributed by atoms with Crippen LogP contribution in [0.5, 0.6) is 0 Å². The number of nitrogens with one attached hydrogen (secondary N) is 1. The molecule has 4 heteroatoms. The molecule has 1 rings (SSSR count). The Morgan fingerprint density at radius 2 is 2.33 bits per heavy atom. The molecular weight excluding hydrogens is 208 g/mol. The van der Waals surface area contributed by atoms with E-state index < -0.39 is 0 Å². The third-order valence-corrected chi connectivity index (χ3v) is 3.86. The quantitative estimate of drug-likeness (QED) is 0.812. The van der Waals surface area contributed by atoms with Crippen LogP contribution in [0.3, 0.4) is 0 Å². The van der Waals surface area contributed by atoms with E-state index in [0.29, 0.717) is 0 Å². The van der Waals surface area contributed by atoms with Crippen LogP contribution in [-0.4, -0.2) is 22.2 Å². The molecule has 2 atom stereocenters. The molecule has 0 spiro atoms. The molecule has 1 aromatic heterocycles. The van der Waals surface area contributed by atoms with Crippen molar-refractivity contribution in [3.05, 3.63) is 16.1 Å². The van der Waals surface area contributed by atoms with Crippen molar-refractivity contribution in [2.45, 2.75) is 45.7 Å². The lowest BCUT2D eigenvalue weighted by molar-refractivity contribution is 0.160. The summed E-state index contributed by atoms with van der Waals surface area (Å²) in [6.07, 6.45) is 2.82. The number of hydrogen-bond donors (Lipinski definition) is 2. The van der Waals surface area contributed by atoms with Crippen LogP contribution < -0.4 is 5.32 Å². The van der Waals surface area contributed by atoms with Crippen LogP contribution in [0, 0.1) is 6.92 Å². The first kappa shape index (κ1) is 12.6. The van der Waals surface area contributed by atoms with E-state index in [0.717, 1.165) is 11.4 Å². The van der Waals surface area contributed by atoms with Crippen molar-refractivity contribution in [3.63, 3.8) is 0 Å². The number of nitrogens with zero attached hydrogens (tertiary/aromatic N) is 1. The van der Waals surface area contributed by atoms with E-state index in [-0.39, 0.29) is 18.2 Å². The van der Waals surface area contributed by atoms with Gasteiger partial charge in [-0.1, -0.05) is 6.92 Å². The molecule has 86 valence electrons. The molecular formula is C11H20N2OS. The standard InChI is InChI=1S/C11H20N2OS/c1-5-11(4,7-14)13-8(2)10-6-12-9(3)15-10/h6,8,13-14H,5,7H2,1-4H3. The smallest absolute Gasteiger partial charge is 0.0897 e. The van der Waals surface area contributed by atoms with Gasteiger partial charge in [0.15, 0.2) is 0 Å². The maximum atomic E-state index is 9.31. The van der Waals surface area contributed by atoms with Crippen LogP contribution in [0.1, 0.15) is 43.1 Å². The molecule has 0 saturated heterocycles. The van der Waals surface area contributed by atoms with E-state index in [1.807, 2.05) is 20.0 Å². The van der Waals surface area contributed by atoms with E-state index >= 15 is 0 Å². The first-order valence-electron chi connectivity index (χ1n) is 5.31. The molecule has 3 nitrogen and oxygen atoms in total. The first-order chi connectivity index (χ1) is 7.00. The van der Waals surface area contributed by atoms with E-state index in [1.54, 1.807) is 11.3 Å². The van der Waals surface area contributed by atoms with E-state index in [2.05, 4.69) is 24.1 Å². The third kappa shape index (κ3) is 3.26. The Morgan fingerprint density at radius 3 is 2.73 bits per heavy atom. The monoisotopic (exact) mass is 228 g/mol. The molecule has 0 bridgehead atoms. The van der Waals surface area contributed by atoms with Gasteiger partial charge >= 0.3 is 0 Å². The van der Waals surface area contributed by atoms with E-state index in [1.165, 1.54) is 4.88 Å². The van der Waals surface area contributed by atoms with Gasteiger partial charge in [0.1, 0.15) is 0 Å². The van der Waals surface area contributed by atoms with Crippen LogP contribution >= 0.6 is 11.3 Å². The fourth-order valence-corrected chi connectivity index (χ4v) is 2.22. The SMILES string of the molecule is CCC(C)(CO)NC(C)c1cnc(C)s1. The van der Waals surface area contributed by atoms with Crippen molar-refractivity contribution in [1.82, 2.24) is 10.3 Å². The highest BCUT2D eigenvalue weighted by Crippen LogP contribution is 2.23. The Kier molecular flexibility index (Phi) is 4.25. The summed E-state index contributed by atoms with van der Waals surface area (Å²) in [6.45, 7) is 8.39. The Morgan fingerprint density at radius 1 is 1.67 bits per heavy atom. The van der Waals surface area contributed by atoms with Crippen molar-refractivity contribution in [2.75, 3.05) is 6.61 Å². The van der Waals surface area contributed by atoms with Crippen LogP contribution in [0.15, 0.2) is 6.20 Å². The van der Waals surface area contributed by atoms with Gasteiger partial charge in [0.25, 0.3) is 0 Å². The summed E-state index contributed by atoms with van der Waals surface area (Å²) >= 11 is 1.70. The minimum Gasteiger partial charge on any atom is -0.394 e. The second kappa shape index (κ2) is 5.05. The van der Waals surface area contributed by atoms with Gasteiger partial charge in [-0.25, -0.2) is 4.98 Å². The molecule has 0 saturated carbocycles. The lowest BCUT2D eigenvalue weighted by Gasteiger charge is -2.30. The number of aliphatic hydroxyl groups is 1. The molecule has 2 unspecified atom stereocenters. The fourth-order valence-electron chi connectivity index (χ4n) is 1.43. The predicted octanol–water partition coefficient (Wildman–Crippen LogP) is 2.26. The lowest BCUT2D eigenvalue weighted by Crippen LogP contribution is -2.46. The van der Waals surface area contributed by atoms with Crippen LogP contribution in [-0.2, 0) is 0 Å². The normalized spacial score (nSPS) is 17.4. The minimum atomic E-state index is -0.197. The highest BCUT2D eigenvalue weighted by molar-refractivity contribution is 7.11. The maximum absolute atomic E-state index is 9.31. The molecule has 0 radical (unpaired) electrons. The van der Waals surface area contributed by atoms with Crippen molar-refractivity contribution in [1.29, 1.82) is 0 Å². The van der Waals surface area contributed by atoms with Crippen molar-refractivity contribution in [3.8, 4) is 0 Å². The predicted molar refractivity (Wildman–Crippen MR) is 64.2 cm³/mol. The number of aromatic nitrogens is 1. The molecule has 2 N–H and O–H groups in total. The molecule has 0 aliphatic rings. The number of hydrogen-bond acceptors (Lipinski definition) is 4. The van der Waals surface area contributed by atoms with Crippen LogP contribution in [0.25, 0.3) is 0 Å². The summed E-state index contributed by atoms with van der Waals surface area (Å²) in [5.41, 5.74) is -0.197. The Hall–Kier alpha value is -0.450. The number of thiazole rings is 1. The molecule has 0 aliphatic carbocycles. The Bertz CT molecular complexity index is 307. The zero-order valence-electron chi connectivity index (χ0n) is 9.87. The van der Waals surface area contributed by atoms with Gasteiger partial charge in [0.05, 0.1) is 11.6 Å². The highest BCUT2D eigenvalue weighted by Gasteiger charge is 2.23. The third-order valence-electron chi connectivity index (χ3n) is 2.76. The highest BCUT2D eigenvalue weighted by atomic mass is 32.1. The van der Waals surface area contributed by atoms with Crippen molar-refractivity contribution >= 4 is 11.3 Å². The zero-order valence-corrected chi connectivity index (χ0v) is 10.7. The molecule has 1 heterocycles. The largest absolute Gasteiger partial charge is 0.394 e. The number of aryl methyl sites for hydroxylation is 1. The topological polar surface area (TPSA) is 45.1 Å². The van der Waals surface area contributed by atoms with Crippen molar-refractivity contribution in [2.24, 2.45) is 0 Å². The zero-order chi connectivity index (χ0) is 11.5. The van der Waals surface area contributed by atoms with Gasteiger partial charge in [0.2, 0.25) is 0 Å². The first-order valence-corrected chi connectivity index (χ1v) is 6.13. The number of aliphatic hydroxyl groups excluding tert-OH is 1. The average Bonchev–Trinajstić information content (AvgIpc) is 2.65. The maximum Gasteiger partial charge on any atom is 0.0897 e. The van der Waals surface area contributed by atoms with E-state index in [4.69, 9.17) is 0 Å². The van der Waals surface area contributed by atoms with Gasteiger partial charge in [0, 0.05) is 22.7 Å². The minimum absolute atomic E-state index is 0.158. The Balaban J connectivity index is 2.66. The van der Waals surface area contributed by atoms with Gasteiger partial charge in [-0.05, 0) is 27.2 Å². The second-order valence-corrected chi connectivity index (χ2v) is 5.49. The average molecular weight is 228 g/mol. The lowest BCUT2D eigenvalue weighted by atomic mass is 9.99. The fraction of sp³-hybridized carbons (Fsp3) is 0.727. The molecule has 0 amide bonds. The van der Waals surface area contributed by atoms with Crippen molar-refractivity contribution < 1.29 is 5.11 Å². The molecule has 1 aromatic rings. The Labute approximate surface area is 95.6 Å². The molecule has 0 aromatic carbocycles. The van der Waals surface area contributed by atoms with Gasteiger partial charge in [-0.15, -0.1) is 11.3 Å². The van der Waals surface area contributed by atoms with E-state index in [9.17, 15) is 5.11 Å². The summed E-state index contributed by atoms with van der Waals surface area (Å²) in [7, 11) is 0. The van der Waals surface area contributed by atoms with Gasteiger partial charge in [-0.3, -0.25) is 0 Å². The molecule has 0 aliphatic heterocycles. The van der Waals surface area contributed by atoms with Gasteiger partial charge in [-0.2, -0.15) is 0 Å². The summed E-state index contributed by atoms with van der Waals surface area (Å²) < 4.78 is 0. The summed E-state index contributed by atoms with van der Waals surface area (Å²) in [5, 5.41) is 13.8. The summed E-state index contributed by atoms with van der Waals surface area (Å²) in [6, 6.07) is 0.244. The number of rotatable bonds is 5. The summed E-state index contributed by atoms with van der Waals surface area (Å²) in [5.74, 6) is 0. The summed E-state index contributed by atoms with van der Waals surface area (Å²) in [4.78, 5) is 5.46. The molecule has 0 fully saturated rings.